The van der Waals surface area contributed by atoms with Crippen molar-refractivity contribution in [3.8, 4) is 34.1 Å². The second-order valence-corrected chi connectivity index (χ2v) is 8.64. The monoisotopic (exact) mass is 478 g/mol. The average molecular weight is 479 g/mol. The normalized spacial score (nSPS) is 10.9. The smallest absolute Gasteiger partial charge is 0.234 e. The number of methoxy groups -OCH3 is 2. The molecule has 0 radical (unpaired) electrons. The molecular weight excluding hydrogens is 452 g/mol. The predicted octanol–water partition coefficient (Wildman–Crippen LogP) is 3.94. The standard InChI is InChI=1S/C24H26N6O3S/c1-15-6-8-16(9-7-15)22-18(13-29(2)28-22)23-26-27-24(30(23)3)34-14-21(31)25-19-11-10-17(32-4)12-20(19)33-5/h6-13H,14H2,1-5H3,(H,25,31). The first kappa shape index (κ1) is 23.4. The maximum Gasteiger partial charge on any atom is 0.234 e. The van der Waals surface area contributed by atoms with E-state index in [-0.39, 0.29) is 11.7 Å². The number of nitrogens with zero attached hydrogens (tertiary/aromatic N) is 5. The molecule has 2 aromatic carbocycles. The Kier molecular flexibility index (Phi) is 6.87. The van der Waals surface area contributed by atoms with Gasteiger partial charge in [-0.1, -0.05) is 41.6 Å². The Morgan fingerprint density at radius 1 is 1.06 bits per heavy atom. The lowest BCUT2D eigenvalue weighted by Crippen LogP contribution is -2.15. The predicted molar refractivity (Wildman–Crippen MR) is 132 cm³/mol. The van der Waals surface area contributed by atoms with Gasteiger partial charge in [0.2, 0.25) is 5.91 Å². The molecule has 2 aromatic heterocycles. The van der Waals surface area contributed by atoms with Gasteiger partial charge in [-0.15, -0.1) is 10.2 Å². The number of amides is 1. The summed E-state index contributed by atoms with van der Waals surface area (Å²) in [7, 11) is 6.89. The van der Waals surface area contributed by atoms with Gasteiger partial charge in [0, 0.05) is 31.9 Å². The number of anilines is 1. The number of ether oxygens (including phenoxy) is 2. The van der Waals surface area contributed by atoms with Gasteiger partial charge in [-0.3, -0.25) is 9.48 Å². The highest BCUT2D eigenvalue weighted by molar-refractivity contribution is 7.99. The quantitative estimate of drug-likeness (QED) is 0.383. The van der Waals surface area contributed by atoms with E-state index in [4.69, 9.17) is 9.47 Å². The highest BCUT2D eigenvalue weighted by Gasteiger charge is 2.19. The third-order valence-corrected chi connectivity index (χ3v) is 6.26. The number of hydrogen-bond acceptors (Lipinski definition) is 7. The van der Waals surface area contributed by atoms with Gasteiger partial charge in [0.25, 0.3) is 0 Å². The van der Waals surface area contributed by atoms with Crippen molar-refractivity contribution in [2.45, 2.75) is 12.1 Å². The lowest BCUT2D eigenvalue weighted by molar-refractivity contribution is -0.113. The summed E-state index contributed by atoms with van der Waals surface area (Å²) >= 11 is 1.31. The van der Waals surface area contributed by atoms with E-state index in [0.717, 1.165) is 16.8 Å². The van der Waals surface area contributed by atoms with E-state index < -0.39 is 0 Å². The van der Waals surface area contributed by atoms with Crippen LogP contribution in [0.1, 0.15) is 5.56 Å². The Hall–Kier alpha value is -3.79. The number of hydrogen-bond donors (Lipinski definition) is 1. The van der Waals surface area contributed by atoms with Crippen LogP contribution < -0.4 is 14.8 Å². The highest BCUT2D eigenvalue weighted by Crippen LogP contribution is 2.32. The molecule has 0 bridgehead atoms. The van der Waals surface area contributed by atoms with Gasteiger partial charge in [-0.2, -0.15) is 5.10 Å². The number of nitrogens with one attached hydrogen (secondary N) is 1. The summed E-state index contributed by atoms with van der Waals surface area (Å²) in [4.78, 5) is 12.6. The molecule has 0 saturated heterocycles. The second-order valence-electron chi connectivity index (χ2n) is 7.70. The van der Waals surface area contributed by atoms with Gasteiger partial charge >= 0.3 is 0 Å². The number of thioether (sulfide) groups is 1. The van der Waals surface area contributed by atoms with Crippen molar-refractivity contribution < 1.29 is 14.3 Å². The first-order chi connectivity index (χ1) is 16.4. The maximum absolute atomic E-state index is 12.6. The Labute approximate surface area is 202 Å². The van der Waals surface area contributed by atoms with Crippen molar-refractivity contribution in [3.05, 3.63) is 54.2 Å². The van der Waals surface area contributed by atoms with Gasteiger partial charge in [0.1, 0.15) is 17.2 Å². The molecular formula is C24H26N6O3S. The first-order valence-corrected chi connectivity index (χ1v) is 11.5. The van der Waals surface area contributed by atoms with Crippen LogP contribution in [0.15, 0.2) is 53.8 Å². The molecule has 0 spiro atoms. The molecule has 0 saturated carbocycles. The Balaban J connectivity index is 1.49. The molecule has 10 heteroatoms. The summed E-state index contributed by atoms with van der Waals surface area (Å²) in [6, 6.07) is 13.4. The van der Waals surface area contributed by atoms with Crippen molar-refractivity contribution in [1.82, 2.24) is 24.5 Å². The van der Waals surface area contributed by atoms with E-state index in [2.05, 4.69) is 39.7 Å². The molecule has 9 nitrogen and oxygen atoms in total. The minimum atomic E-state index is -0.181. The van der Waals surface area contributed by atoms with Crippen molar-refractivity contribution >= 4 is 23.4 Å². The van der Waals surface area contributed by atoms with Crippen LogP contribution in [0, 0.1) is 6.92 Å². The Bertz CT molecular complexity index is 1310. The number of aryl methyl sites for hydroxylation is 2. The van der Waals surface area contributed by atoms with Crippen molar-refractivity contribution in [3.63, 3.8) is 0 Å². The van der Waals surface area contributed by atoms with Crippen LogP contribution in [0.5, 0.6) is 11.5 Å². The lowest BCUT2D eigenvalue weighted by Gasteiger charge is -2.11. The summed E-state index contributed by atoms with van der Waals surface area (Å²) in [5, 5.41) is 16.8. The molecule has 2 heterocycles. The molecule has 0 aliphatic rings. The molecule has 0 unspecified atom stereocenters. The van der Waals surface area contributed by atoms with E-state index in [1.165, 1.54) is 17.3 Å². The summed E-state index contributed by atoms with van der Waals surface area (Å²) in [6.07, 6.45) is 1.93. The zero-order valence-electron chi connectivity index (χ0n) is 19.7. The van der Waals surface area contributed by atoms with Crippen LogP contribution in [0.4, 0.5) is 5.69 Å². The fraction of sp³-hybridized carbons (Fsp3) is 0.250. The van der Waals surface area contributed by atoms with Crippen LogP contribution in [-0.4, -0.2) is 50.4 Å². The number of benzene rings is 2. The summed E-state index contributed by atoms with van der Waals surface area (Å²) in [6.45, 7) is 2.05. The molecule has 176 valence electrons. The molecule has 0 atom stereocenters. The minimum Gasteiger partial charge on any atom is -0.497 e. The molecule has 0 aliphatic carbocycles. The number of aromatic nitrogens is 5. The zero-order chi connectivity index (χ0) is 24.2. The first-order valence-electron chi connectivity index (χ1n) is 10.5. The number of carbonyl (C=O) groups excluding carboxylic acids is 1. The largest absolute Gasteiger partial charge is 0.497 e. The van der Waals surface area contributed by atoms with Gasteiger partial charge in [-0.05, 0) is 19.1 Å². The fourth-order valence-electron chi connectivity index (χ4n) is 3.47. The lowest BCUT2D eigenvalue weighted by atomic mass is 10.1. The molecule has 34 heavy (non-hydrogen) atoms. The van der Waals surface area contributed by atoms with Gasteiger partial charge in [0.15, 0.2) is 11.0 Å². The maximum atomic E-state index is 12.6. The van der Waals surface area contributed by atoms with Crippen LogP contribution in [0.25, 0.3) is 22.6 Å². The van der Waals surface area contributed by atoms with E-state index in [1.807, 2.05) is 37.0 Å². The molecule has 1 amide bonds. The minimum absolute atomic E-state index is 0.166. The fourth-order valence-corrected chi connectivity index (χ4v) is 4.18. The molecule has 0 aliphatic heterocycles. The van der Waals surface area contributed by atoms with Crippen LogP contribution >= 0.6 is 11.8 Å². The summed E-state index contributed by atoms with van der Waals surface area (Å²) in [5.74, 6) is 1.84. The van der Waals surface area contributed by atoms with Crippen LogP contribution in [0.3, 0.4) is 0 Å². The van der Waals surface area contributed by atoms with Crippen molar-refractivity contribution in [2.24, 2.45) is 14.1 Å². The van der Waals surface area contributed by atoms with Crippen molar-refractivity contribution in [1.29, 1.82) is 0 Å². The van der Waals surface area contributed by atoms with E-state index in [1.54, 1.807) is 37.1 Å². The van der Waals surface area contributed by atoms with Gasteiger partial charge in [-0.25, -0.2) is 0 Å². The third-order valence-electron chi connectivity index (χ3n) is 5.24. The zero-order valence-corrected chi connectivity index (χ0v) is 20.5. The Morgan fingerprint density at radius 2 is 1.82 bits per heavy atom. The van der Waals surface area contributed by atoms with Gasteiger partial charge in [0.05, 0.1) is 31.2 Å². The molecule has 4 rings (SSSR count). The molecule has 4 aromatic rings. The molecule has 0 fully saturated rings. The third kappa shape index (κ3) is 4.91. The number of rotatable bonds is 8. The number of carbonyl (C=O) groups is 1. The van der Waals surface area contributed by atoms with E-state index in [0.29, 0.717) is 28.2 Å². The van der Waals surface area contributed by atoms with E-state index in [9.17, 15) is 4.79 Å². The topological polar surface area (TPSA) is 96.1 Å². The van der Waals surface area contributed by atoms with Crippen LogP contribution in [-0.2, 0) is 18.9 Å². The highest BCUT2D eigenvalue weighted by atomic mass is 32.2. The summed E-state index contributed by atoms with van der Waals surface area (Å²) < 4.78 is 14.2. The van der Waals surface area contributed by atoms with Gasteiger partial charge < -0.3 is 19.4 Å². The van der Waals surface area contributed by atoms with Crippen LogP contribution in [0.2, 0.25) is 0 Å². The second kappa shape index (κ2) is 10.0. The SMILES string of the molecule is COc1ccc(NC(=O)CSc2nnc(-c3cn(C)nc3-c3ccc(C)cc3)n2C)c(OC)c1. The molecule has 1 N–H and O–H groups in total. The average Bonchev–Trinajstić information content (AvgIpc) is 3.40. The van der Waals surface area contributed by atoms with Crippen molar-refractivity contribution in [2.75, 3.05) is 25.3 Å². The Morgan fingerprint density at radius 3 is 2.53 bits per heavy atom. The van der Waals surface area contributed by atoms with E-state index >= 15 is 0 Å². The summed E-state index contributed by atoms with van der Waals surface area (Å²) in [5.41, 5.74) is 4.47.